The second-order valence-electron chi connectivity index (χ2n) is 5.13. The van der Waals surface area contributed by atoms with Crippen molar-refractivity contribution in [3.8, 4) is 5.75 Å². The van der Waals surface area contributed by atoms with Gasteiger partial charge >= 0.3 is 5.97 Å². The van der Waals surface area contributed by atoms with Crippen molar-refractivity contribution in [2.24, 2.45) is 0 Å². The van der Waals surface area contributed by atoms with E-state index in [0.29, 0.717) is 0 Å². The Morgan fingerprint density at radius 1 is 1.21 bits per heavy atom. The number of carboxylic acids is 1. The number of aromatic nitrogens is 2. The quantitative estimate of drug-likeness (QED) is 0.305. The minimum atomic E-state index is -1.57. The third kappa shape index (κ3) is 4.93. The van der Waals surface area contributed by atoms with Crippen molar-refractivity contribution in [1.29, 1.82) is 5.41 Å². The highest BCUT2D eigenvalue weighted by Crippen LogP contribution is 2.21. The predicted molar refractivity (Wildman–Crippen MR) is 88.8 cm³/mol. The molecule has 1 aromatic heterocycles. The molecule has 1 heterocycles. The summed E-state index contributed by atoms with van der Waals surface area (Å²) in [4.78, 5) is 18.3. The molecule has 2 aromatic rings. The van der Waals surface area contributed by atoms with Gasteiger partial charge in [0.2, 0.25) is 5.95 Å². The molecule has 0 saturated carbocycles. The largest absolute Gasteiger partial charge is 0.485 e. The van der Waals surface area contributed by atoms with E-state index in [4.69, 9.17) is 15.3 Å². The van der Waals surface area contributed by atoms with Crippen LogP contribution in [0.5, 0.6) is 5.75 Å². The molecule has 1 aromatic carbocycles. The highest BCUT2D eigenvalue weighted by Gasteiger charge is 2.19. The summed E-state index contributed by atoms with van der Waals surface area (Å²) in [5.74, 6) is -7.63. The van der Waals surface area contributed by atoms with E-state index >= 15 is 0 Å². The summed E-state index contributed by atoms with van der Waals surface area (Å²) in [5, 5.41) is 21.1. The van der Waals surface area contributed by atoms with Gasteiger partial charge in [-0.15, -0.1) is 0 Å². The molecule has 0 fully saturated rings. The van der Waals surface area contributed by atoms with Crippen LogP contribution >= 0.6 is 0 Å². The van der Waals surface area contributed by atoms with Crippen LogP contribution < -0.4 is 15.4 Å². The Labute approximate surface area is 155 Å². The predicted octanol–water partition coefficient (Wildman–Crippen LogP) is 2.19. The number of hydrogen-bond acceptors (Lipinski definition) is 7. The topological polar surface area (TPSA) is 120 Å². The van der Waals surface area contributed by atoms with E-state index in [1.807, 2.05) is 0 Å². The summed E-state index contributed by atoms with van der Waals surface area (Å²) < 4.78 is 58.5. The number of nitrogens with one attached hydrogen (secondary N) is 3. The van der Waals surface area contributed by atoms with Crippen LogP contribution in [0.3, 0.4) is 0 Å². The van der Waals surface area contributed by atoms with E-state index in [1.165, 1.54) is 7.05 Å². The van der Waals surface area contributed by atoms with E-state index in [9.17, 15) is 22.4 Å². The van der Waals surface area contributed by atoms with Crippen LogP contribution in [0.25, 0.3) is 0 Å². The molecule has 0 bridgehead atoms. The van der Waals surface area contributed by atoms with Gasteiger partial charge in [-0.1, -0.05) is 0 Å². The second kappa shape index (κ2) is 8.79. The van der Waals surface area contributed by atoms with Crippen molar-refractivity contribution in [2.45, 2.75) is 6.61 Å². The minimum absolute atomic E-state index is 0.0136. The summed E-state index contributed by atoms with van der Waals surface area (Å²) in [6, 6.07) is 0.0919. The molecule has 0 aliphatic heterocycles. The lowest BCUT2D eigenvalue weighted by Gasteiger charge is -2.11. The van der Waals surface area contributed by atoms with Gasteiger partial charge in [0.1, 0.15) is 18.1 Å². The van der Waals surface area contributed by atoms with Crippen LogP contribution in [0.15, 0.2) is 30.4 Å². The summed E-state index contributed by atoms with van der Waals surface area (Å²) in [5.41, 5.74) is -1.62. The van der Waals surface area contributed by atoms with Gasteiger partial charge in [0, 0.05) is 19.2 Å². The second-order valence-corrected chi connectivity index (χ2v) is 5.13. The molecule has 0 radical (unpaired) electrons. The van der Waals surface area contributed by atoms with Gasteiger partial charge in [-0.25, -0.2) is 32.3 Å². The van der Waals surface area contributed by atoms with Crippen LogP contribution in [0, 0.1) is 28.7 Å². The first kappa shape index (κ1) is 20.6. The Morgan fingerprint density at radius 2 is 1.79 bits per heavy atom. The smallest absolute Gasteiger partial charge is 0.353 e. The fraction of sp³-hybridized carbons (Fsp3) is 0.125. The molecule has 0 amide bonds. The number of anilines is 1. The average molecular weight is 399 g/mol. The highest BCUT2D eigenvalue weighted by molar-refractivity contribution is 6.39. The van der Waals surface area contributed by atoms with Crippen LogP contribution in [0.2, 0.25) is 0 Å². The van der Waals surface area contributed by atoms with Gasteiger partial charge in [-0.3, -0.25) is 5.41 Å². The first-order valence-corrected chi connectivity index (χ1v) is 7.48. The third-order valence-electron chi connectivity index (χ3n) is 3.25. The number of carbonyl (C=O) groups is 1. The number of nitrogens with zero attached hydrogens (tertiary/aromatic N) is 2. The van der Waals surface area contributed by atoms with Crippen molar-refractivity contribution in [1.82, 2.24) is 15.3 Å². The molecule has 4 N–H and O–H groups in total. The maximum Gasteiger partial charge on any atom is 0.353 e. The third-order valence-corrected chi connectivity index (χ3v) is 3.25. The van der Waals surface area contributed by atoms with Crippen molar-refractivity contribution < 1.29 is 32.2 Å². The standard InChI is InChI=1S/C16H13F4N5O3/c1-22-12(3-11(21)15(26)27)25-16-23-4-7(5-24-16)28-6-8-13(19)9(17)2-10(18)14(8)20/h2-5,21-22H,6H2,1H3,(H,26,27)(H,23,24,25)/b12-3+,21-11?. The van der Waals surface area contributed by atoms with Gasteiger partial charge in [-0.05, 0) is 0 Å². The number of carboxylic acid groups (broad SMARTS) is 1. The molecule has 28 heavy (non-hydrogen) atoms. The molecule has 0 spiro atoms. The zero-order chi connectivity index (χ0) is 20.8. The number of aliphatic carboxylic acids is 1. The van der Waals surface area contributed by atoms with E-state index in [1.54, 1.807) is 0 Å². The van der Waals surface area contributed by atoms with Crippen LogP contribution in [-0.2, 0) is 11.4 Å². The number of hydrogen-bond donors (Lipinski definition) is 4. The number of halogens is 4. The normalized spacial score (nSPS) is 11.1. The number of rotatable bonds is 8. The lowest BCUT2D eigenvalue weighted by molar-refractivity contribution is -0.129. The monoisotopic (exact) mass is 399 g/mol. The van der Waals surface area contributed by atoms with Crippen molar-refractivity contribution in [2.75, 3.05) is 12.4 Å². The Morgan fingerprint density at radius 3 is 2.29 bits per heavy atom. The summed E-state index contributed by atoms with van der Waals surface area (Å²) >= 11 is 0. The van der Waals surface area contributed by atoms with E-state index in [-0.39, 0.29) is 23.6 Å². The molecule has 2 rings (SSSR count). The molecule has 0 saturated heterocycles. The Hall–Kier alpha value is -3.70. The summed E-state index contributed by atoms with van der Waals surface area (Å²) in [7, 11) is 1.46. The van der Waals surface area contributed by atoms with Crippen molar-refractivity contribution in [3.05, 3.63) is 59.2 Å². The van der Waals surface area contributed by atoms with Crippen LogP contribution in [0.1, 0.15) is 5.56 Å². The van der Waals surface area contributed by atoms with Gasteiger partial charge in [0.05, 0.1) is 18.0 Å². The average Bonchev–Trinajstić information content (AvgIpc) is 2.66. The van der Waals surface area contributed by atoms with Gasteiger partial charge < -0.3 is 20.5 Å². The molecule has 0 unspecified atom stereocenters. The maximum atomic E-state index is 13.6. The van der Waals surface area contributed by atoms with Gasteiger partial charge in [0.15, 0.2) is 29.0 Å². The Bertz CT molecular complexity index is 909. The van der Waals surface area contributed by atoms with E-state index < -0.39 is 47.1 Å². The first-order chi connectivity index (χ1) is 13.2. The van der Waals surface area contributed by atoms with E-state index in [0.717, 1.165) is 18.5 Å². The van der Waals surface area contributed by atoms with Gasteiger partial charge in [-0.2, -0.15) is 0 Å². The molecule has 0 aliphatic carbocycles. The lowest BCUT2D eigenvalue weighted by atomic mass is 10.2. The summed E-state index contributed by atoms with van der Waals surface area (Å²) in [6.45, 7) is -0.806. The zero-order valence-corrected chi connectivity index (χ0v) is 14.2. The van der Waals surface area contributed by atoms with Crippen molar-refractivity contribution in [3.63, 3.8) is 0 Å². The van der Waals surface area contributed by atoms with Crippen molar-refractivity contribution >= 4 is 17.6 Å². The summed E-state index contributed by atoms with van der Waals surface area (Å²) in [6.07, 6.45) is 3.20. The fourth-order valence-corrected chi connectivity index (χ4v) is 1.86. The molecule has 0 atom stereocenters. The number of benzene rings is 1. The molecule has 0 aliphatic rings. The molecule has 8 nitrogen and oxygen atoms in total. The lowest BCUT2D eigenvalue weighted by Crippen LogP contribution is -2.20. The fourth-order valence-electron chi connectivity index (χ4n) is 1.86. The minimum Gasteiger partial charge on any atom is -0.485 e. The SMILES string of the molecule is CN/C(=C\C(=N)C(=O)O)Nc1ncc(OCc2c(F)c(F)cc(F)c2F)cn1. The molecular weight excluding hydrogens is 386 g/mol. The van der Waals surface area contributed by atoms with Crippen LogP contribution in [-0.4, -0.2) is 33.8 Å². The Kier molecular flexibility index (Phi) is 6.47. The van der Waals surface area contributed by atoms with Crippen LogP contribution in [0.4, 0.5) is 23.5 Å². The molecule has 148 valence electrons. The highest BCUT2D eigenvalue weighted by atomic mass is 19.2. The number of ether oxygens (including phenoxy) is 1. The maximum absolute atomic E-state index is 13.6. The first-order valence-electron chi connectivity index (χ1n) is 7.48. The molecular formula is C16H13F4N5O3. The molecule has 12 heteroatoms. The Balaban J connectivity index is 2.08. The zero-order valence-electron chi connectivity index (χ0n) is 14.2. The van der Waals surface area contributed by atoms with Gasteiger partial charge in [0.25, 0.3) is 0 Å². The van der Waals surface area contributed by atoms with E-state index in [2.05, 4.69) is 20.6 Å².